The molecule has 0 fully saturated rings. The number of hydrogen-bond donors (Lipinski definition) is 2. The predicted octanol–water partition coefficient (Wildman–Crippen LogP) is 3.49. The van der Waals surface area contributed by atoms with Gasteiger partial charge in [-0.2, -0.15) is 0 Å². The first kappa shape index (κ1) is 17.9. The molecule has 0 unspecified atom stereocenters. The second-order valence-corrected chi connectivity index (χ2v) is 5.81. The number of carbonyl (C=O) groups is 2. The molecule has 5 nitrogen and oxygen atoms in total. The summed E-state index contributed by atoms with van der Waals surface area (Å²) in [6.45, 7) is 1.30. The Hall–Kier alpha value is -2.48. The largest absolute Gasteiger partial charge is 0.449 e. The van der Waals surface area contributed by atoms with Gasteiger partial charge in [-0.05, 0) is 37.3 Å². The first-order valence-electron chi connectivity index (χ1n) is 6.80. The van der Waals surface area contributed by atoms with E-state index in [-0.39, 0.29) is 16.9 Å². The number of nitrogens with two attached hydrogens (primary N) is 1. The van der Waals surface area contributed by atoms with Gasteiger partial charge in [-0.15, -0.1) is 0 Å². The lowest BCUT2D eigenvalue weighted by Crippen LogP contribution is -2.30. The van der Waals surface area contributed by atoms with Crippen LogP contribution in [0.4, 0.5) is 20.2 Å². The van der Waals surface area contributed by atoms with Crippen molar-refractivity contribution >= 4 is 39.2 Å². The molecule has 0 heterocycles. The first-order chi connectivity index (χ1) is 11.3. The molecule has 2 aromatic carbocycles. The van der Waals surface area contributed by atoms with Gasteiger partial charge in [0.25, 0.3) is 5.91 Å². The summed E-state index contributed by atoms with van der Waals surface area (Å²) in [7, 11) is 0. The highest BCUT2D eigenvalue weighted by molar-refractivity contribution is 9.10. The maximum absolute atomic E-state index is 13.5. The molecule has 0 saturated heterocycles. The molecule has 3 N–H and O–H groups in total. The van der Waals surface area contributed by atoms with Crippen LogP contribution in [0.1, 0.15) is 17.3 Å². The van der Waals surface area contributed by atoms with Crippen LogP contribution in [0, 0.1) is 11.6 Å². The Labute approximate surface area is 144 Å². The molecular formula is C16H13BrF2N2O3. The van der Waals surface area contributed by atoms with Crippen molar-refractivity contribution in [1.29, 1.82) is 0 Å². The molecular weight excluding hydrogens is 386 g/mol. The molecule has 24 heavy (non-hydrogen) atoms. The van der Waals surface area contributed by atoms with Crippen LogP contribution >= 0.6 is 15.9 Å². The zero-order valence-corrected chi connectivity index (χ0v) is 14.1. The van der Waals surface area contributed by atoms with E-state index in [9.17, 15) is 18.4 Å². The molecule has 0 bridgehead atoms. The fraction of sp³-hybridized carbons (Fsp3) is 0.125. The number of nitrogen functional groups attached to an aromatic ring is 1. The van der Waals surface area contributed by atoms with Crippen molar-refractivity contribution in [3.8, 4) is 0 Å². The molecule has 126 valence electrons. The van der Waals surface area contributed by atoms with Crippen molar-refractivity contribution < 1.29 is 23.1 Å². The number of benzene rings is 2. The molecule has 8 heteroatoms. The van der Waals surface area contributed by atoms with Crippen LogP contribution in [-0.4, -0.2) is 18.0 Å². The number of nitrogens with one attached hydrogen (secondary N) is 1. The minimum absolute atomic E-state index is 0.0842. The Balaban J connectivity index is 2.07. The number of halogens is 3. The van der Waals surface area contributed by atoms with E-state index in [0.717, 1.165) is 18.2 Å². The maximum atomic E-state index is 13.5. The van der Waals surface area contributed by atoms with Crippen molar-refractivity contribution in [3.05, 3.63) is 58.1 Å². The van der Waals surface area contributed by atoms with Gasteiger partial charge in [-0.3, -0.25) is 4.79 Å². The molecule has 2 rings (SSSR count). The van der Waals surface area contributed by atoms with Crippen molar-refractivity contribution in [2.75, 3.05) is 11.1 Å². The molecule has 1 atom stereocenters. The molecule has 0 spiro atoms. The van der Waals surface area contributed by atoms with Gasteiger partial charge in [0.2, 0.25) is 0 Å². The fourth-order valence-corrected chi connectivity index (χ4v) is 2.17. The summed E-state index contributed by atoms with van der Waals surface area (Å²) < 4.78 is 32.2. The highest BCUT2D eigenvalue weighted by Crippen LogP contribution is 2.20. The first-order valence-corrected chi connectivity index (χ1v) is 7.59. The highest BCUT2D eigenvalue weighted by atomic mass is 79.9. The van der Waals surface area contributed by atoms with Gasteiger partial charge in [0.05, 0.1) is 11.3 Å². The minimum atomic E-state index is -1.24. The number of esters is 1. The third-order valence-corrected chi connectivity index (χ3v) is 3.57. The minimum Gasteiger partial charge on any atom is -0.449 e. The Morgan fingerprint density at radius 3 is 2.62 bits per heavy atom. The van der Waals surface area contributed by atoms with Crippen LogP contribution in [0.3, 0.4) is 0 Å². The summed E-state index contributed by atoms with van der Waals surface area (Å²) >= 11 is 3.20. The van der Waals surface area contributed by atoms with E-state index < -0.39 is 29.6 Å². The van der Waals surface area contributed by atoms with Gasteiger partial charge in [0.1, 0.15) is 11.6 Å². The summed E-state index contributed by atoms with van der Waals surface area (Å²) in [5, 5.41) is 2.16. The molecule has 0 aromatic heterocycles. The van der Waals surface area contributed by atoms with E-state index in [2.05, 4.69) is 21.2 Å². The fourth-order valence-electron chi connectivity index (χ4n) is 1.81. The smallest absolute Gasteiger partial charge is 0.341 e. The number of ether oxygens (including phenoxy) is 1. The van der Waals surface area contributed by atoms with Gasteiger partial charge >= 0.3 is 5.97 Å². The molecule has 0 radical (unpaired) electrons. The van der Waals surface area contributed by atoms with Crippen LogP contribution in [0.5, 0.6) is 0 Å². The molecule has 0 saturated carbocycles. The van der Waals surface area contributed by atoms with Gasteiger partial charge in [-0.1, -0.05) is 15.9 Å². The zero-order chi connectivity index (χ0) is 17.9. The number of rotatable bonds is 4. The SMILES string of the molecule is C[C@@H](OC(=O)c1cc(Br)ccc1N)C(=O)Nc1cc(F)ccc1F. The van der Waals surface area contributed by atoms with Crippen molar-refractivity contribution in [3.63, 3.8) is 0 Å². The lowest BCUT2D eigenvalue weighted by Gasteiger charge is -2.15. The van der Waals surface area contributed by atoms with E-state index in [1.807, 2.05) is 0 Å². The Bertz CT molecular complexity index is 799. The number of carbonyl (C=O) groups excluding carboxylic acids is 2. The van der Waals surface area contributed by atoms with Crippen LogP contribution in [0.2, 0.25) is 0 Å². The zero-order valence-electron chi connectivity index (χ0n) is 12.5. The average molecular weight is 399 g/mol. The number of amides is 1. The van der Waals surface area contributed by atoms with Gasteiger partial charge in [0.15, 0.2) is 6.10 Å². The number of anilines is 2. The van der Waals surface area contributed by atoms with Crippen molar-refractivity contribution in [2.24, 2.45) is 0 Å². The van der Waals surface area contributed by atoms with E-state index in [0.29, 0.717) is 4.47 Å². The second kappa shape index (κ2) is 7.39. The van der Waals surface area contributed by atoms with E-state index in [1.54, 1.807) is 6.07 Å². The molecule has 0 aliphatic carbocycles. The lowest BCUT2D eigenvalue weighted by atomic mass is 10.2. The molecule has 0 aliphatic heterocycles. The topological polar surface area (TPSA) is 81.4 Å². The predicted molar refractivity (Wildman–Crippen MR) is 88.4 cm³/mol. The van der Waals surface area contributed by atoms with Crippen LogP contribution < -0.4 is 11.1 Å². The van der Waals surface area contributed by atoms with Crippen molar-refractivity contribution in [2.45, 2.75) is 13.0 Å². The van der Waals surface area contributed by atoms with E-state index in [1.165, 1.54) is 19.1 Å². The van der Waals surface area contributed by atoms with Gasteiger partial charge in [-0.25, -0.2) is 13.6 Å². The monoisotopic (exact) mass is 398 g/mol. The van der Waals surface area contributed by atoms with Crippen LogP contribution in [0.15, 0.2) is 40.9 Å². The molecule has 2 aromatic rings. The summed E-state index contributed by atoms with van der Waals surface area (Å²) in [6, 6.07) is 7.24. The summed E-state index contributed by atoms with van der Waals surface area (Å²) in [5.74, 6) is -3.13. The summed E-state index contributed by atoms with van der Waals surface area (Å²) in [6.07, 6.45) is -1.24. The van der Waals surface area contributed by atoms with Crippen LogP contribution in [-0.2, 0) is 9.53 Å². The standard InChI is InChI=1S/C16H13BrF2N2O3/c1-8(15(22)21-14-7-10(18)3-4-12(14)19)24-16(23)11-6-9(17)2-5-13(11)20/h2-8H,20H2,1H3,(H,21,22)/t8-/m1/s1. The van der Waals surface area contributed by atoms with Gasteiger partial charge < -0.3 is 15.8 Å². The third-order valence-electron chi connectivity index (χ3n) is 3.07. The Morgan fingerprint density at radius 1 is 1.21 bits per heavy atom. The molecule has 1 amide bonds. The normalized spacial score (nSPS) is 11.7. The summed E-state index contributed by atoms with van der Waals surface area (Å²) in [5.41, 5.74) is 5.62. The van der Waals surface area contributed by atoms with Crippen LogP contribution in [0.25, 0.3) is 0 Å². The second-order valence-electron chi connectivity index (χ2n) is 4.89. The lowest BCUT2D eigenvalue weighted by molar-refractivity contribution is -0.123. The number of hydrogen-bond acceptors (Lipinski definition) is 4. The Kier molecular flexibility index (Phi) is 5.50. The Morgan fingerprint density at radius 2 is 1.92 bits per heavy atom. The highest BCUT2D eigenvalue weighted by Gasteiger charge is 2.21. The third kappa shape index (κ3) is 4.29. The van der Waals surface area contributed by atoms with Gasteiger partial charge in [0, 0.05) is 16.2 Å². The average Bonchev–Trinajstić information content (AvgIpc) is 2.53. The quantitative estimate of drug-likeness (QED) is 0.609. The van der Waals surface area contributed by atoms with Crippen molar-refractivity contribution in [1.82, 2.24) is 0 Å². The van der Waals surface area contributed by atoms with E-state index >= 15 is 0 Å². The molecule has 0 aliphatic rings. The summed E-state index contributed by atoms with van der Waals surface area (Å²) in [4.78, 5) is 24.0. The maximum Gasteiger partial charge on any atom is 0.341 e. The van der Waals surface area contributed by atoms with E-state index in [4.69, 9.17) is 10.5 Å².